The average Bonchev–Trinajstić information content (AvgIpc) is 2.54. The van der Waals surface area contributed by atoms with Gasteiger partial charge in [0.1, 0.15) is 0 Å². The lowest BCUT2D eigenvalue weighted by Gasteiger charge is -2.25. The Balaban J connectivity index is 2.02. The number of carbonyl (C=O) groups is 2. The summed E-state index contributed by atoms with van der Waals surface area (Å²) in [5.41, 5.74) is 2.07. The first-order valence-corrected chi connectivity index (χ1v) is 8.59. The van der Waals surface area contributed by atoms with Crippen LogP contribution >= 0.6 is 23.2 Å². The van der Waals surface area contributed by atoms with Crippen LogP contribution < -0.4 is 5.32 Å². The zero-order chi connectivity index (χ0) is 18.6. The molecule has 25 heavy (non-hydrogen) atoms. The van der Waals surface area contributed by atoms with Gasteiger partial charge in [-0.25, -0.2) is 0 Å². The second-order valence-corrected chi connectivity index (χ2v) is 6.79. The van der Waals surface area contributed by atoms with E-state index in [1.165, 1.54) is 6.92 Å². The van der Waals surface area contributed by atoms with Crippen molar-refractivity contribution in [1.29, 1.82) is 0 Å². The predicted molar refractivity (Wildman–Crippen MR) is 103 cm³/mol. The van der Waals surface area contributed by atoms with Crippen molar-refractivity contribution in [2.75, 3.05) is 18.9 Å². The maximum atomic E-state index is 12.3. The van der Waals surface area contributed by atoms with Gasteiger partial charge in [0, 0.05) is 27.3 Å². The molecule has 1 atom stereocenters. The van der Waals surface area contributed by atoms with Crippen LogP contribution in [0.25, 0.3) is 0 Å². The van der Waals surface area contributed by atoms with E-state index in [4.69, 9.17) is 23.2 Å². The lowest BCUT2D eigenvalue weighted by molar-refractivity contribution is -0.117. The van der Waals surface area contributed by atoms with E-state index in [-0.39, 0.29) is 24.3 Å². The van der Waals surface area contributed by atoms with E-state index in [1.54, 1.807) is 36.4 Å². The van der Waals surface area contributed by atoms with Crippen LogP contribution in [0.15, 0.2) is 42.5 Å². The van der Waals surface area contributed by atoms with Gasteiger partial charge in [0.2, 0.25) is 5.91 Å². The van der Waals surface area contributed by atoms with Crippen LogP contribution in [-0.4, -0.2) is 30.2 Å². The number of likely N-dealkylation sites (N-methyl/N-ethyl adjacent to an activating group) is 1. The fourth-order valence-corrected chi connectivity index (χ4v) is 3.02. The molecule has 0 radical (unpaired) electrons. The summed E-state index contributed by atoms with van der Waals surface area (Å²) >= 11 is 12.2. The van der Waals surface area contributed by atoms with E-state index < -0.39 is 0 Å². The highest BCUT2D eigenvalue weighted by Crippen LogP contribution is 2.28. The summed E-state index contributed by atoms with van der Waals surface area (Å²) in [6, 6.07) is 12.2. The van der Waals surface area contributed by atoms with E-state index in [0.29, 0.717) is 21.3 Å². The van der Waals surface area contributed by atoms with E-state index in [2.05, 4.69) is 5.32 Å². The second-order valence-electron chi connectivity index (χ2n) is 5.94. The SMILES string of the molecule is CC(=O)c1cccc(NC(=O)CN(C)C(C)c2ccc(Cl)cc2Cl)c1. The number of ketones is 1. The van der Waals surface area contributed by atoms with E-state index in [9.17, 15) is 9.59 Å². The third-order valence-electron chi connectivity index (χ3n) is 4.02. The molecule has 0 aliphatic rings. The lowest BCUT2D eigenvalue weighted by Crippen LogP contribution is -2.32. The molecule has 1 N–H and O–H groups in total. The molecule has 4 nitrogen and oxygen atoms in total. The smallest absolute Gasteiger partial charge is 0.238 e. The van der Waals surface area contributed by atoms with Gasteiger partial charge in [0.15, 0.2) is 5.78 Å². The summed E-state index contributed by atoms with van der Waals surface area (Å²) in [5.74, 6) is -0.209. The Morgan fingerprint density at radius 2 is 1.88 bits per heavy atom. The predicted octanol–water partition coefficient (Wildman–Crippen LogP) is 4.83. The van der Waals surface area contributed by atoms with Gasteiger partial charge in [-0.1, -0.05) is 41.4 Å². The Labute approximate surface area is 157 Å². The van der Waals surface area contributed by atoms with Crippen LogP contribution in [0.2, 0.25) is 10.0 Å². The van der Waals surface area contributed by atoms with Crippen molar-refractivity contribution < 1.29 is 9.59 Å². The standard InChI is InChI=1S/C19H20Cl2N2O2/c1-12(17-8-7-15(20)10-18(17)21)23(3)11-19(25)22-16-6-4-5-14(9-16)13(2)24/h4-10,12H,11H2,1-3H3,(H,22,25). The summed E-state index contributed by atoms with van der Waals surface area (Å²) < 4.78 is 0. The summed E-state index contributed by atoms with van der Waals surface area (Å²) in [4.78, 5) is 25.6. The Morgan fingerprint density at radius 1 is 1.16 bits per heavy atom. The molecule has 1 unspecified atom stereocenters. The minimum Gasteiger partial charge on any atom is -0.325 e. The molecule has 132 valence electrons. The third kappa shape index (κ3) is 5.30. The normalized spacial score (nSPS) is 12.1. The van der Waals surface area contributed by atoms with Crippen LogP contribution in [0, 0.1) is 0 Å². The fraction of sp³-hybridized carbons (Fsp3) is 0.263. The van der Waals surface area contributed by atoms with Gasteiger partial charge in [-0.2, -0.15) is 0 Å². The summed E-state index contributed by atoms with van der Waals surface area (Å²) in [6.07, 6.45) is 0. The molecule has 1 amide bonds. The van der Waals surface area contributed by atoms with Crippen LogP contribution in [0.1, 0.15) is 35.8 Å². The molecule has 0 saturated carbocycles. The Kier molecular flexibility index (Phi) is 6.59. The molecule has 0 fully saturated rings. The molecule has 0 aliphatic heterocycles. The Hall–Kier alpha value is -1.88. The van der Waals surface area contributed by atoms with Gasteiger partial charge in [0.05, 0.1) is 6.54 Å². The van der Waals surface area contributed by atoms with Crippen molar-refractivity contribution >= 4 is 40.6 Å². The Morgan fingerprint density at radius 3 is 2.52 bits per heavy atom. The van der Waals surface area contributed by atoms with Gasteiger partial charge < -0.3 is 5.32 Å². The lowest BCUT2D eigenvalue weighted by atomic mass is 10.1. The number of hydrogen-bond acceptors (Lipinski definition) is 3. The van der Waals surface area contributed by atoms with Crippen molar-refractivity contribution in [3.63, 3.8) is 0 Å². The van der Waals surface area contributed by atoms with Gasteiger partial charge >= 0.3 is 0 Å². The number of hydrogen-bond donors (Lipinski definition) is 1. The first-order chi connectivity index (χ1) is 11.8. The molecule has 6 heteroatoms. The van der Waals surface area contributed by atoms with Crippen molar-refractivity contribution in [3.05, 3.63) is 63.6 Å². The van der Waals surface area contributed by atoms with Crippen molar-refractivity contribution in [2.24, 2.45) is 0 Å². The molecular formula is C19H20Cl2N2O2. The number of amides is 1. The number of halogens is 2. The molecular weight excluding hydrogens is 359 g/mol. The summed E-state index contributed by atoms with van der Waals surface area (Å²) in [5, 5.41) is 3.96. The zero-order valence-corrected chi connectivity index (χ0v) is 15.9. The largest absolute Gasteiger partial charge is 0.325 e. The number of nitrogens with zero attached hydrogens (tertiary/aromatic N) is 1. The minimum absolute atomic E-state index is 0.0424. The molecule has 0 aromatic heterocycles. The number of anilines is 1. The van der Waals surface area contributed by atoms with Crippen molar-refractivity contribution in [1.82, 2.24) is 4.90 Å². The van der Waals surface area contributed by atoms with E-state index in [1.807, 2.05) is 24.9 Å². The van der Waals surface area contributed by atoms with Gasteiger partial charge in [0.25, 0.3) is 0 Å². The molecule has 0 aliphatic carbocycles. The number of nitrogens with one attached hydrogen (secondary N) is 1. The first kappa shape index (κ1) is 19.4. The zero-order valence-electron chi connectivity index (χ0n) is 14.3. The van der Waals surface area contributed by atoms with E-state index >= 15 is 0 Å². The number of rotatable bonds is 6. The quantitative estimate of drug-likeness (QED) is 0.732. The summed E-state index contributed by atoms with van der Waals surface area (Å²) in [7, 11) is 1.85. The van der Waals surface area contributed by atoms with Crippen LogP contribution in [0.3, 0.4) is 0 Å². The highest BCUT2D eigenvalue weighted by molar-refractivity contribution is 6.35. The van der Waals surface area contributed by atoms with Crippen LogP contribution in [0.5, 0.6) is 0 Å². The molecule has 2 aromatic rings. The number of carbonyl (C=O) groups excluding carboxylic acids is 2. The van der Waals surface area contributed by atoms with Crippen LogP contribution in [0.4, 0.5) is 5.69 Å². The highest BCUT2D eigenvalue weighted by Gasteiger charge is 2.17. The summed E-state index contributed by atoms with van der Waals surface area (Å²) in [6.45, 7) is 3.65. The minimum atomic E-state index is -0.167. The maximum Gasteiger partial charge on any atom is 0.238 e. The van der Waals surface area contributed by atoms with Crippen molar-refractivity contribution in [2.45, 2.75) is 19.9 Å². The van der Waals surface area contributed by atoms with Crippen LogP contribution in [-0.2, 0) is 4.79 Å². The molecule has 0 bridgehead atoms. The number of benzene rings is 2. The molecule has 2 aromatic carbocycles. The van der Waals surface area contributed by atoms with Gasteiger partial charge in [-0.05, 0) is 50.7 Å². The molecule has 0 saturated heterocycles. The number of Topliss-reactive ketones (excluding diaryl/α,β-unsaturated/α-hetero) is 1. The van der Waals surface area contributed by atoms with E-state index in [0.717, 1.165) is 5.56 Å². The van der Waals surface area contributed by atoms with Crippen molar-refractivity contribution in [3.8, 4) is 0 Å². The molecule has 2 rings (SSSR count). The third-order valence-corrected chi connectivity index (χ3v) is 4.58. The second kappa shape index (κ2) is 8.48. The topological polar surface area (TPSA) is 49.4 Å². The fourth-order valence-electron chi connectivity index (χ4n) is 2.46. The monoisotopic (exact) mass is 378 g/mol. The highest BCUT2D eigenvalue weighted by atomic mass is 35.5. The Bertz CT molecular complexity index is 793. The van der Waals surface area contributed by atoms with Gasteiger partial charge in [-0.3, -0.25) is 14.5 Å². The maximum absolute atomic E-state index is 12.3. The average molecular weight is 379 g/mol. The molecule has 0 spiro atoms. The first-order valence-electron chi connectivity index (χ1n) is 7.84. The van der Waals surface area contributed by atoms with Gasteiger partial charge in [-0.15, -0.1) is 0 Å². The molecule has 0 heterocycles.